The summed E-state index contributed by atoms with van der Waals surface area (Å²) >= 11 is 3.62. The predicted octanol–water partition coefficient (Wildman–Crippen LogP) is 1.55. The van der Waals surface area contributed by atoms with Gasteiger partial charge in [0, 0.05) is 29.9 Å². The average Bonchev–Trinajstić information content (AvgIpc) is 3.42. The second-order valence-electron chi connectivity index (χ2n) is 11.2. The lowest BCUT2D eigenvalue weighted by molar-refractivity contribution is -0.159. The van der Waals surface area contributed by atoms with E-state index in [0.29, 0.717) is 19.3 Å². The van der Waals surface area contributed by atoms with Crippen molar-refractivity contribution in [3.63, 3.8) is 0 Å². The number of halogens is 1. The molecule has 3 rings (SSSR count). The Morgan fingerprint density at radius 2 is 2.03 bits per heavy atom. The molecule has 0 radical (unpaired) electrons. The highest BCUT2D eigenvalue weighted by Gasteiger charge is 2.77. The van der Waals surface area contributed by atoms with Crippen LogP contribution < -0.4 is 5.32 Å². The fourth-order valence-corrected chi connectivity index (χ4v) is 6.84. The number of fused-ring (bicyclic) bond motifs is 1. The Hall–Kier alpha value is -2.24. The number of β-amino-alcohol motifs (C(OH)–C–C–N with tert-alkyl or cyclic N) is 1. The second-order valence-corrected chi connectivity index (χ2v) is 12.4. The molecule has 0 saturated carbocycles. The number of rotatable bonds is 12. The van der Waals surface area contributed by atoms with Gasteiger partial charge in [0.2, 0.25) is 17.7 Å². The van der Waals surface area contributed by atoms with Gasteiger partial charge in [-0.15, -0.1) is 13.2 Å². The largest absolute Gasteiger partial charge is 0.460 e. The van der Waals surface area contributed by atoms with E-state index in [1.54, 1.807) is 24.0 Å². The van der Waals surface area contributed by atoms with Gasteiger partial charge in [-0.05, 0) is 40.5 Å². The summed E-state index contributed by atoms with van der Waals surface area (Å²) in [4.78, 5) is 56.0. The van der Waals surface area contributed by atoms with Crippen molar-refractivity contribution in [1.29, 1.82) is 0 Å². The monoisotopic (exact) mass is 597 g/mol. The van der Waals surface area contributed by atoms with E-state index in [4.69, 9.17) is 9.47 Å². The van der Waals surface area contributed by atoms with Gasteiger partial charge in [0.15, 0.2) is 0 Å². The van der Waals surface area contributed by atoms with Crippen molar-refractivity contribution in [2.75, 3.05) is 26.2 Å². The van der Waals surface area contributed by atoms with Crippen molar-refractivity contribution in [3.8, 4) is 0 Å². The van der Waals surface area contributed by atoms with Gasteiger partial charge in [-0.3, -0.25) is 19.2 Å². The third-order valence-corrected chi connectivity index (χ3v) is 8.35. The van der Waals surface area contributed by atoms with Crippen LogP contribution >= 0.6 is 15.9 Å². The van der Waals surface area contributed by atoms with Crippen LogP contribution in [0.5, 0.6) is 0 Å². The van der Waals surface area contributed by atoms with Crippen LogP contribution in [0.2, 0.25) is 0 Å². The van der Waals surface area contributed by atoms with Crippen molar-refractivity contribution in [3.05, 3.63) is 25.3 Å². The van der Waals surface area contributed by atoms with Crippen LogP contribution in [-0.4, -0.2) is 99.1 Å². The third kappa shape index (κ3) is 5.56. The number of aliphatic hydroxyl groups excluding tert-OH is 1. The van der Waals surface area contributed by atoms with E-state index in [-0.39, 0.29) is 42.9 Å². The molecular formula is C27H40BrN3O7. The number of esters is 1. The number of aliphatic hydroxyl groups is 1. The van der Waals surface area contributed by atoms with E-state index < -0.39 is 53.1 Å². The van der Waals surface area contributed by atoms with Gasteiger partial charge in [-0.1, -0.05) is 28.1 Å². The van der Waals surface area contributed by atoms with Gasteiger partial charge in [0.1, 0.15) is 17.7 Å². The molecule has 2 bridgehead atoms. The first kappa shape index (κ1) is 30.3. The van der Waals surface area contributed by atoms with Crippen LogP contribution in [0.25, 0.3) is 0 Å². The highest BCUT2D eigenvalue weighted by Crippen LogP contribution is 2.60. The first-order valence-corrected chi connectivity index (χ1v) is 14.0. The Balaban J connectivity index is 1.87. The minimum Gasteiger partial charge on any atom is -0.460 e. The zero-order chi connectivity index (χ0) is 28.4. The highest BCUT2D eigenvalue weighted by molar-refractivity contribution is 9.09. The van der Waals surface area contributed by atoms with E-state index in [2.05, 4.69) is 34.4 Å². The van der Waals surface area contributed by atoms with Gasteiger partial charge >= 0.3 is 5.97 Å². The summed E-state index contributed by atoms with van der Waals surface area (Å²) in [6, 6.07) is -1.00. The number of hydrogen-bond donors (Lipinski definition) is 2. The summed E-state index contributed by atoms with van der Waals surface area (Å²) in [5, 5.41) is 12.5. The molecule has 3 aliphatic heterocycles. The van der Waals surface area contributed by atoms with E-state index in [1.165, 1.54) is 4.90 Å². The van der Waals surface area contributed by atoms with E-state index in [1.807, 2.05) is 20.8 Å². The first-order chi connectivity index (χ1) is 17.8. The molecule has 2 N–H and O–H groups in total. The van der Waals surface area contributed by atoms with E-state index >= 15 is 0 Å². The van der Waals surface area contributed by atoms with Crippen molar-refractivity contribution < 1.29 is 33.8 Å². The summed E-state index contributed by atoms with van der Waals surface area (Å²) in [6.45, 7) is 14.7. The molecule has 0 aromatic rings. The topological polar surface area (TPSA) is 125 Å². The molecule has 7 atom stereocenters. The van der Waals surface area contributed by atoms with Gasteiger partial charge in [0.05, 0.1) is 31.1 Å². The van der Waals surface area contributed by atoms with Crippen LogP contribution in [0.4, 0.5) is 0 Å². The number of nitrogens with one attached hydrogen (secondary N) is 1. The number of hydrogen-bond acceptors (Lipinski definition) is 7. The summed E-state index contributed by atoms with van der Waals surface area (Å²) in [7, 11) is 0. The quantitative estimate of drug-likeness (QED) is 0.199. The Morgan fingerprint density at radius 3 is 2.61 bits per heavy atom. The fourth-order valence-electron chi connectivity index (χ4n) is 5.90. The normalized spacial score (nSPS) is 30.5. The molecule has 3 saturated heterocycles. The van der Waals surface area contributed by atoms with Crippen LogP contribution in [0, 0.1) is 11.8 Å². The van der Waals surface area contributed by atoms with E-state index in [9.17, 15) is 24.3 Å². The third-order valence-electron chi connectivity index (χ3n) is 7.50. The Labute approximate surface area is 232 Å². The Kier molecular flexibility index (Phi) is 9.47. The number of carbonyl (C=O) groups is 4. The van der Waals surface area contributed by atoms with Gasteiger partial charge in [0.25, 0.3) is 0 Å². The summed E-state index contributed by atoms with van der Waals surface area (Å²) in [5.41, 5.74) is -1.80. The molecule has 1 unspecified atom stereocenters. The van der Waals surface area contributed by atoms with Gasteiger partial charge in [-0.2, -0.15) is 0 Å². The molecule has 0 aromatic carbocycles. The lowest BCUT2D eigenvalue weighted by Crippen LogP contribution is -2.60. The summed E-state index contributed by atoms with van der Waals surface area (Å²) < 4.78 is 12.1. The van der Waals surface area contributed by atoms with Crippen LogP contribution in [0.15, 0.2) is 25.3 Å². The number of alkyl halides is 1. The summed E-state index contributed by atoms with van der Waals surface area (Å²) in [5.74, 6) is -3.35. The molecular weight excluding hydrogens is 558 g/mol. The van der Waals surface area contributed by atoms with Crippen LogP contribution in [-0.2, 0) is 28.7 Å². The number of carbonyl (C=O) groups excluding carboxylic acids is 4. The minimum absolute atomic E-state index is 0.0601. The SMILES string of the molecule is C=CCCC(=O)NC[C@@H](C)OC(=O)[C@H]1[C@@H]2O[C@@]3(CC2Br)[C@@H]1C(=O)N(CCO)[C@@H]3C(=O)N(CC=C)C(C)(C)C. The lowest BCUT2D eigenvalue weighted by atomic mass is 9.70. The van der Waals surface area contributed by atoms with Gasteiger partial charge in [-0.25, -0.2) is 0 Å². The van der Waals surface area contributed by atoms with Crippen molar-refractivity contribution in [2.24, 2.45) is 11.8 Å². The number of likely N-dealkylation sites (tertiary alicyclic amines) is 1. The molecule has 1 spiro atoms. The smallest absolute Gasteiger partial charge is 0.312 e. The maximum Gasteiger partial charge on any atom is 0.312 e. The molecule has 0 aromatic heterocycles. The van der Waals surface area contributed by atoms with Gasteiger partial charge < -0.3 is 29.7 Å². The van der Waals surface area contributed by atoms with Crippen molar-refractivity contribution in [2.45, 2.75) is 81.2 Å². The van der Waals surface area contributed by atoms with Crippen LogP contribution in [0.1, 0.15) is 47.0 Å². The molecule has 3 aliphatic rings. The zero-order valence-electron chi connectivity index (χ0n) is 22.7. The number of nitrogens with zero attached hydrogens (tertiary/aromatic N) is 2. The second kappa shape index (κ2) is 11.9. The maximum atomic E-state index is 14.1. The molecule has 3 heterocycles. The molecule has 0 aliphatic carbocycles. The lowest BCUT2D eigenvalue weighted by Gasteiger charge is -2.42. The maximum absolute atomic E-state index is 14.1. The molecule has 3 fully saturated rings. The van der Waals surface area contributed by atoms with Crippen LogP contribution in [0.3, 0.4) is 0 Å². The fraction of sp³-hybridized carbons (Fsp3) is 0.704. The number of amides is 3. The Bertz CT molecular complexity index is 967. The summed E-state index contributed by atoms with van der Waals surface area (Å²) in [6.07, 6.45) is 3.19. The number of allylic oxidation sites excluding steroid dienone is 1. The number of ether oxygens (including phenoxy) is 2. The van der Waals surface area contributed by atoms with E-state index in [0.717, 1.165) is 0 Å². The average molecular weight is 599 g/mol. The van der Waals surface area contributed by atoms with Crippen molar-refractivity contribution in [1.82, 2.24) is 15.1 Å². The molecule has 212 valence electrons. The standard InChI is InChI=1S/C27H40BrN3O7/c1-7-9-10-18(33)29-15-16(3)37-25(36)19-20-23(34)30(12-13-32)22(27(20)14-17(28)21(19)38-27)24(35)31(11-8-2)26(4,5)6/h7-8,16-17,19-22,32H,1-2,9-15H2,3-6H3,(H,29,33)/t16-,17?,19-,20+,21-,22-,27+/m1/s1. The molecule has 3 amide bonds. The highest BCUT2D eigenvalue weighted by atomic mass is 79.9. The zero-order valence-corrected chi connectivity index (χ0v) is 24.2. The molecule has 11 heteroatoms. The Morgan fingerprint density at radius 1 is 1.34 bits per heavy atom. The minimum atomic E-state index is -1.24. The molecule has 38 heavy (non-hydrogen) atoms. The predicted molar refractivity (Wildman–Crippen MR) is 144 cm³/mol. The van der Waals surface area contributed by atoms with Crippen molar-refractivity contribution >= 4 is 39.6 Å². The first-order valence-electron chi connectivity index (χ1n) is 13.1. The molecule has 10 nitrogen and oxygen atoms in total.